The zero-order valence-corrected chi connectivity index (χ0v) is 13.0. The van der Waals surface area contributed by atoms with Gasteiger partial charge in [0.2, 0.25) is 0 Å². The van der Waals surface area contributed by atoms with Gasteiger partial charge in [0.05, 0.1) is 18.7 Å². The Hall–Kier alpha value is -2.63. The number of ether oxygens (including phenoxy) is 1. The van der Waals surface area contributed by atoms with Crippen LogP contribution in [-0.2, 0) is 4.79 Å². The molecular formula is C17H19N3O3. The quantitative estimate of drug-likeness (QED) is 0.934. The predicted octanol–water partition coefficient (Wildman–Crippen LogP) is 2.45. The smallest absolute Gasteiger partial charge is 0.308 e. The Morgan fingerprint density at radius 2 is 2.09 bits per heavy atom. The molecule has 120 valence electrons. The third-order valence-corrected chi connectivity index (χ3v) is 4.13. The van der Waals surface area contributed by atoms with Crippen LogP contribution in [-0.4, -0.2) is 41.5 Å². The summed E-state index contributed by atoms with van der Waals surface area (Å²) < 4.78 is 5.34. The van der Waals surface area contributed by atoms with Crippen LogP contribution in [0, 0.1) is 5.92 Å². The largest absolute Gasteiger partial charge is 0.496 e. The maximum atomic E-state index is 11.2. The predicted molar refractivity (Wildman–Crippen MR) is 86.6 cm³/mol. The molecule has 0 radical (unpaired) electrons. The fourth-order valence-electron chi connectivity index (χ4n) is 2.88. The molecule has 0 amide bonds. The fourth-order valence-corrected chi connectivity index (χ4v) is 2.88. The van der Waals surface area contributed by atoms with Crippen LogP contribution >= 0.6 is 0 Å². The van der Waals surface area contributed by atoms with E-state index in [-0.39, 0.29) is 5.92 Å². The van der Waals surface area contributed by atoms with Gasteiger partial charge in [-0.3, -0.25) is 4.79 Å². The number of piperidine rings is 1. The maximum Gasteiger partial charge on any atom is 0.308 e. The number of carboxylic acid groups (broad SMARTS) is 1. The molecule has 1 atom stereocenters. The minimum absolute atomic E-state index is 0.334. The van der Waals surface area contributed by atoms with Crippen LogP contribution in [0.2, 0.25) is 0 Å². The Kier molecular flexibility index (Phi) is 4.41. The highest BCUT2D eigenvalue weighted by molar-refractivity contribution is 5.71. The fraction of sp³-hybridized carbons (Fsp3) is 0.353. The minimum atomic E-state index is -0.742. The van der Waals surface area contributed by atoms with E-state index in [0.717, 1.165) is 42.2 Å². The van der Waals surface area contributed by atoms with Crippen LogP contribution in [0.25, 0.3) is 11.3 Å². The lowest BCUT2D eigenvalue weighted by Crippen LogP contribution is -2.39. The molecule has 3 rings (SSSR count). The van der Waals surface area contributed by atoms with Crippen molar-refractivity contribution in [2.45, 2.75) is 12.8 Å². The van der Waals surface area contributed by atoms with Crippen molar-refractivity contribution in [3.63, 3.8) is 0 Å². The second kappa shape index (κ2) is 6.64. The summed E-state index contributed by atoms with van der Waals surface area (Å²) in [6, 6.07) is 11.4. The Morgan fingerprint density at radius 3 is 2.78 bits per heavy atom. The number of carbonyl (C=O) groups is 1. The number of carboxylic acids is 1. The molecule has 1 N–H and O–H groups in total. The lowest BCUT2D eigenvalue weighted by Gasteiger charge is -2.31. The van der Waals surface area contributed by atoms with E-state index in [9.17, 15) is 9.90 Å². The second-order valence-corrected chi connectivity index (χ2v) is 5.60. The topological polar surface area (TPSA) is 75.5 Å². The highest BCUT2D eigenvalue weighted by atomic mass is 16.5. The zero-order valence-electron chi connectivity index (χ0n) is 13.0. The van der Waals surface area contributed by atoms with E-state index in [4.69, 9.17) is 4.74 Å². The summed E-state index contributed by atoms with van der Waals surface area (Å²) in [6.45, 7) is 1.30. The SMILES string of the molecule is COc1ccccc1-c1ccc(N2CCC[C@@H](C(=O)O)C2)nn1. The third-order valence-electron chi connectivity index (χ3n) is 4.13. The standard InChI is InChI=1S/C17H19N3O3/c1-23-15-7-3-2-6-13(15)14-8-9-16(19-18-14)20-10-4-5-12(11-20)17(21)22/h2-3,6-9,12H,4-5,10-11H2,1H3,(H,21,22)/t12-/m1/s1. The van der Waals surface area contributed by atoms with E-state index in [2.05, 4.69) is 10.2 Å². The summed E-state index contributed by atoms with van der Waals surface area (Å²) in [4.78, 5) is 13.2. The first-order chi connectivity index (χ1) is 11.2. The molecule has 0 unspecified atom stereocenters. The number of methoxy groups -OCH3 is 1. The molecule has 1 aliphatic heterocycles. The molecule has 6 nitrogen and oxygen atoms in total. The lowest BCUT2D eigenvalue weighted by atomic mass is 9.98. The van der Waals surface area contributed by atoms with Crippen LogP contribution in [0.15, 0.2) is 36.4 Å². The number of aliphatic carboxylic acids is 1. The van der Waals surface area contributed by atoms with Gasteiger partial charge >= 0.3 is 5.97 Å². The molecule has 1 saturated heterocycles. The molecule has 23 heavy (non-hydrogen) atoms. The van der Waals surface area contributed by atoms with Crippen LogP contribution in [0.1, 0.15) is 12.8 Å². The van der Waals surface area contributed by atoms with Crippen molar-refractivity contribution < 1.29 is 14.6 Å². The van der Waals surface area contributed by atoms with Crippen molar-refractivity contribution in [2.75, 3.05) is 25.1 Å². The Balaban J connectivity index is 1.81. The minimum Gasteiger partial charge on any atom is -0.496 e. The molecule has 1 fully saturated rings. The monoisotopic (exact) mass is 313 g/mol. The Morgan fingerprint density at radius 1 is 1.26 bits per heavy atom. The van der Waals surface area contributed by atoms with Crippen molar-refractivity contribution in [3.05, 3.63) is 36.4 Å². The number of aromatic nitrogens is 2. The number of para-hydroxylation sites is 1. The Bertz CT molecular complexity index is 688. The van der Waals surface area contributed by atoms with E-state index in [1.165, 1.54) is 0 Å². The molecule has 1 aromatic heterocycles. The van der Waals surface area contributed by atoms with Crippen LogP contribution in [0.4, 0.5) is 5.82 Å². The number of hydrogen-bond donors (Lipinski definition) is 1. The van der Waals surface area contributed by atoms with Crippen molar-refractivity contribution in [2.24, 2.45) is 5.92 Å². The molecule has 0 spiro atoms. The van der Waals surface area contributed by atoms with E-state index in [0.29, 0.717) is 6.54 Å². The van der Waals surface area contributed by atoms with Gasteiger partial charge in [-0.25, -0.2) is 0 Å². The summed E-state index contributed by atoms with van der Waals surface area (Å²) >= 11 is 0. The average molecular weight is 313 g/mol. The highest BCUT2D eigenvalue weighted by Gasteiger charge is 2.26. The first-order valence-corrected chi connectivity index (χ1v) is 7.64. The van der Waals surface area contributed by atoms with Gasteiger partial charge < -0.3 is 14.7 Å². The molecule has 0 aliphatic carbocycles. The molecule has 2 aromatic rings. The zero-order chi connectivity index (χ0) is 16.2. The van der Waals surface area contributed by atoms with Gasteiger partial charge in [0.25, 0.3) is 0 Å². The number of anilines is 1. The number of benzene rings is 1. The van der Waals surface area contributed by atoms with Gasteiger partial charge in [-0.15, -0.1) is 10.2 Å². The molecule has 1 aromatic carbocycles. The van der Waals surface area contributed by atoms with Gasteiger partial charge in [-0.1, -0.05) is 12.1 Å². The first-order valence-electron chi connectivity index (χ1n) is 7.64. The molecule has 0 bridgehead atoms. The van der Waals surface area contributed by atoms with Crippen LogP contribution in [0.5, 0.6) is 5.75 Å². The summed E-state index contributed by atoms with van der Waals surface area (Å²) in [6.07, 6.45) is 1.57. The van der Waals surface area contributed by atoms with Crippen molar-refractivity contribution >= 4 is 11.8 Å². The number of nitrogens with zero attached hydrogens (tertiary/aromatic N) is 3. The maximum absolute atomic E-state index is 11.2. The molecule has 0 saturated carbocycles. The van der Waals surface area contributed by atoms with Gasteiger partial charge in [0.15, 0.2) is 5.82 Å². The van der Waals surface area contributed by atoms with Crippen molar-refractivity contribution in [1.29, 1.82) is 0 Å². The molecule has 6 heteroatoms. The summed E-state index contributed by atoms with van der Waals surface area (Å²) in [7, 11) is 1.63. The Labute approximate surface area is 134 Å². The third kappa shape index (κ3) is 3.26. The molecular weight excluding hydrogens is 294 g/mol. The summed E-state index contributed by atoms with van der Waals surface area (Å²) in [5.74, 6) is 0.390. The highest BCUT2D eigenvalue weighted by Crippen LogP contribution is 2.29. The van der Waals surface area contributed by atoms with E-state index in [1.54, 1.807) is 7.11 Å². The van der Waals surface area contributed by atoms with Crippen LogP contribution in [0.3, 0.4) is 0 Å². The molecule has 1 aliphatic rings. The lowest BCUT2D eigenvalue weighted by molar-refractivity contribution is -0.141. The number of hydrogen-bond acceptors (Lipinski definition) is 5. The van der Waals surface area contributed by atoms with E-state index < -0.39 is 5.97 Å². The van der Waals surface area contributed by atoms with Crippen LogP contribution < -0.4 is 9.64 Å². The summed E-state index contributed by atoms with van der Waals surface area (Å²) in [5, 5.41) is 17.7. The van der Waals surface area contributed by atoms with E-state index in [1.807, 2.05) is 41.3 Å². The average Bonchev–Trinajstić information content (AvgIpc) is 2.62. The molecule has 2 heterocycles. The van der Waals surface area contributed by atoms with Gasteiger partial charge in [-0.2, -0.15) is 0 Å². The van der Waals surface area contributed by atoms with Gasteiger partial charge in [0, 0.05) is 18.7 Å². The number of rotatable bonds is 4. The van der Waals surface area contributed by atoms with Gasteiger partial charge in [0.1, 0.15) is 5.75 Å². The first kappa shape index (κ1) is 15.3. The van der Waals surface area contributed by atoms with Crippen molar-refractivity contribution in [1.82, 2.24) is 10.2 Å². The van der Waals surface area contributed by atoms with Gasteiger partial charge in [-0.05, 0) is 37.1 Å². The van der Waals surface area contributed by atoms with Crippen molar-refractivity contribution in [3.8, 4) is 17.0 Å². The summed E-state index contributed by atoms with van der Waals surface area (Å²) in [5.41, 5.74) is 1.62. The van der Waals surface area contributed by atoms with E-state index >= 15 is 0 Å². The normalized spacial score (nSPS) is 17.8. The second-order valence-electron chi connectivity index (χ2n) is 5.60.